The van der Waals surface area contributed by atoms with E-state index in [1.54, 1.807) is 32.5 Å². The number of H-pyrrole nitrogens is 1. The quantitative estimate of drug-likeness (QED) is 0.337. The number of carbonyl (C=O) groups is 1. The molecule has 8 heteroatoms. The minimum absolute atomic E-state index is 0.134. The summed E-state index contributed by atoms with van der Waals surface area (Å²) in [5.74, 6) is 2.04. The predicted octanol–water partition coefficient (Wildman–Crippen LogP) is 3.92. The zero-order chi connectivity index (χ0) is 23.9. The molecule has 8 nitrogen and oxygen atoms in total. The van der Waals surface area contributed by atoms with Crippen LogP contribution < -0.4 is 18.9 Å². The van der Waals surface area contributed by atoms with Crippen LogP contribution in [0.1, 0.15) is 29.3 Å². The van der Waals surface area contributed by atoms with Gasteiger partial charge in [-0.1, -0.05) is 0 Å². The Morgan fingerprint density at radius 1 is 1.06 bits per heavy atom. The average Bonchev–Trinajstić information content (AvgIpc) is 3.30. The van der Waals surface area contributed by atoms with Crippen LogP contribution >= 0.6 is 0 Å². The molecule has 1 N–H and O–H groups in total. The molecule has 0 saturated carbocycles. The first-order chi connectivity index (χ1) is 16.6. The van der Waals surface area contributed by atoms with E-state index in [1.807, 2.05) is 25.1 Å². The summed E-state index contributed by atoms with van der Waals surface area (Å²) in [6.07, 6.45) is 2.68. The Morgan fingerprint density at radius 2 is 1.79 bits per heavy atom. The van der Waals surface area contributed by atoms with Crippen molar-refractivity contribution in [3.8, 4) is 23.0 Å². The maximum absolute atomic E-state index is 13.4. The van der Waals surface area contributed by atoms with Crippen LogP contribution in [0.15, 0.2) is 36.5 Å². The van der Waals surface area contributed by atoms with Gasteiger partial charge in [0, 0.05) is 53.9 Å². The number of ketones is 1. The number of methoxy groups -OCH3 is 2. The number of aromatic nitrogens is 1. The van der Waals surface area contributed by atoms with E-state index in [1.165, 1.54) is 0 Å². The van der Waals surface area contributed by atoms with Crippen molar-refractivity contribution in [3.63, 3.8) is 0 Å². The van der Waals surface area contributed by atoms with E-state index in [-0.39, 0.29) is 5.78 Å². The molecule has 1 aliphatic rings. The van der Waals surface area contributed by atoms with E-state index in [2.05, 4.69) is 9.88 Å². The standard InChI is InChI=1S/C26H32N2O6/c1-4-33-26-23(30-2)14-18(15-24(26)31-3)25(29)21-17-27-22-16-19(6-7-20(21)22)34-11-5-8-28-9-12-32-13-10-28/h6-7,14-17,27H,4-5,8-13H2,1-3H3. The lowest BCUT2D eigenvalue weighted by Crippen LogP contribution is -2.37. The Labute approximate surface area is 199 Å². The first kappa shape index (κ1) is 23.9. The van der Waals surface area contributed by atoms with Gasteiger partial charge in [0.2, 0.25) is 5.75 Å². The molecular formula is C26H32N2O6. The van der Waals surface area contributed by atoms with E-state index in [0.717, 1.165) is 55.9 Å². The third-order valence-electron chi connectivity index (χ3n) is 5.90. The van der Waals surface area contributed by atoms with Crippen molar-refractivity contribution in [1.29, 1.82) is 0 Å². The van der Waals surface area contributed by atoms with Crippen LogP contribution in [0.5, 0.6) is 23.0 Å². The van der Waals surface area contributed by atoms with E-state index in [9.17, 15) is 4.79 Å². The largest absolute Gasteiger partial charge is 0.493 e. The molecule has 0 aliphatic carbocycles. The lowest BCUT2D eigenvalue weighted by atomic mass is 10.0. The molecule has 182 valence electrons. The number of hydrogen-bond acceptors (Lipinski definition) is 7. The number of rotatable bonds is 11. The Morgan fingerprint density at radius 3 is 2.47 bits per heavy atom. The number of nitrogens with zero attached hydrogens (tertiary/aromatic N) is 1. The van der Waals surface area contributed by atoms with Crippen LogP contribution in [0, 0.1) is 0 Å². The summed E-state index contributed by atoms with van der Waals surface area (Å²) in [5.41, 5.74) is 1.88. The predicted molar refractivity (Wildman–Crippen MR) is 130 cm³/mol. The molecule has 3 aromatic rings. The molecule has 1 saturated heterocycles. The lowest BCUT2D eigenvalue weighted by Gasteiger charge is -2.26. The summed E-state index contributed by atoms with van der Waals surface area (Å²) in [4.78, 5) is 18.9. The van der Waals surface area contributed by atoms with Gasteiger partial charge in [0.1, 0.15) is 5.75 Å². The summed E-state index contributed by atoms with van der Waals surface area (Å²) >= 11 is 0. The van der Waals surface area contributed by atoms with Crippen molar-refractivity contribution in [2.75, 3.05) is 60.3 Å². The van der Waals surface area contributed by atoms with Gasteiger partial charge in [0.05, 0.1) is 40.6 Å². The van der Waals surface area contributed by atoms with Crippen LogP contribution in [0.25, 0.3) is 10.9 Å². The summed E-state index contributed by atoms with van der Waals surface area (Å²) in [6.45, 7) is 7.56. The van der Waals surface area contributed by atoms with Crippen molar-refractivity contribution in [2.24, 2.45) is 0 Å². The Hall–Kier alpha value is -3.23. The van der Waals surface area contributed by atoms with Crippen LogP contribution in [-0.2, 0) is 4.74 Å². The van der Waals surface area contributed by atoms with Crippen molar-refractivity contribution in [2.45, 2.75) is 13.3 Å². The fraction of sp³-hybridized carbons (Fsp3) is 0.423. The van der Waals surface area contributed by atoms with Crippen molar-refractivity contribution < 1.29 is 28.5 Å². The maximum Gasteiger partial charge on any atom is 0.203 e. The SMILES string of the molecule is CCOc1c(OC)cc(C(=O)c2c[nH]c3cc(OCCCN4CCOCC4)ccc23)cc1OC. The van der Waals surface area contributed by atoms with Gasteiger partial charge >= 0.3 is 0 Å². The van der Waals surface area contributed by atoms with Crippen molar-refractivity contribution in [3.05, 3.63) is 47.7 Å². The third kappa shape index (κ3) is 5.29. The molecular weight excluding hydrogens is 436 g/mol. The second-order valence-electron chi connectivity index (χ2n) is 8.04. The molecule has 1 fully saturated rings. The van der Waals surface area contributed by atoms with Crippen molar-refractivity contribution in [1.82, 2.24) is 9.88 Å². The van der Waals surface area contributed by atoms with Gasteiger partial charge in [0.25, 0.3) is 0 Å². The highest BCUT2D eigenvalue weighted by Gasteiger charge is 2.21. The van der Waals surface area contributed by atoms with Gasteiger partial charge in [-0.3, -0.25) is 9.69 Å². The zero-order valence-corrected chi connectivity index (χ0v) is 20.0. The van der Waals surface area contributed by atoms with Gasteiger partial charge in [-0.2, -0.15) is 0 Å². The van der Waals surface area contributed by atoms with E-state index in [0.29, 0.717) is 41.6 Å². The summed E-state index contributed by atoms with van der Waals surface area (Å²) in [7, 11) is 3.08. The van der Waals surface area contributed by atoms with E-state index < -0.39 is 0 Å². The van der Waals surface area contributed by atoms with Gasteiger partial charge in [0.15, 0.2) is 17.3 Å². The van der Waals surface area contributed by atoms with Crippen LogP contribution in [0.4, 0.5) is 0 Å². The molecule has 1 aliphatic heterocycles. The number of benzene rings is 2. The van der Waals surface area contributed by atoms with Gasteiger partial charge in [-0.25, -0.2) is 0 Å². The highest BCUT2D eigenvalue weighted by atomic mass is 16.5. The van der Waals surface area contributed by atoms with Crippen molar-refractivity contribution >= 4 is 16.7 Å². The van der Waals surface area contributed by atoms with Gasteiger partial charge in [-0.15, -0.1) is 0 Å². The number of ether oxygens (including phenoxy) is 5. The maximum atomic E-state index is 13.4. The molecule has 0 unspecified atom stereocenters. The first-order valence-electron chi connectivity index (χ1n) is 11.6. The first-order valence-corrected chi connectivity index (χ1v) is 11.6. The second kappa shape index (κ2) is 11.3. The summed E-state index contributed by atoms with van der Waals surface area (Å²) < 4.78 is 27.9. The minimum atomic E-state index is -0.134. The molecule has 2 heterocycles. The molecule has 2 aromatic carbocycles. The zero-order valence-electron chi connectivity index (χ0n) is 20.0. The molecule has 34 heavy (non-hydrogen) atoms. The molecule has 4 rings (SSSR count). The highest BCUT2D eigenvalue weighted by molar-refractivity contribution is 6.16. The molecule has 1 aromatic heterocycles. The molecule has 0 amide bonds. The molecule has 0 radical (unpaired) electrons. The fourth-order valence-electron chi connectivity index (χ4n) is 4.14. The number of aromatic amines is 1. The fourth-order valence-corrected chi connectivity index (χ4v) is 4.14. The Bertz CT molecular complexity index is 1090. The summed E-state index contributed by atoms with van der Waals surface area (Å²) in [6, 6.07) is 9.11. The highest BCUT2D eigenvalue weighted by Crippen LogP contribution is 2.39. The third-order valence-corrected chi connectivity index (χ3v) is 5.90. The normalized spacial score (nSPS) is 14.2. The van der Waals surface area contributed by atoms with E-state index >= 15 is 0 Å². The molecule has 0 spiro atoms. The second-order valence-corrected chi connectivity index (χ2v) is 8.04. The number of hydrogen-bond donors (Lipinski definition) is 1. The average molecular weight is 469 g/mol. The van der Waals surface area contributed by atoms with E-state index in [4.69, 9.17) is 23.7 Å². The van der Waals surface area contributed by atoms with Crippen LogP contribution in [0.3, 0.4) is 0 Å². The lowest BCUT2D eigenvalue weighted by molar-refractivity contribution is 0.0358. The topological polar surface area (TPSA) is 82.2 Å². The minimum Gasteiger partial charge on any atom is -0.493 e. The number of morpholine rings is 1. The smallest absolute Gasteiger partial charge is 0.203 e. The molecule has 0 bridgehead atoms. The monoisotopic (exact) mass is 468 g/mol. The Balaban J connectivity index is 1.46. The number of carbonyl (C=O) groups excluding carboxylic acids is 1. The number of nitrogens with one attached hydrogen (secondary N) is 1. The van der Waals surface area contributed by atoms with Crippen LogP contribution in [0.2, 0.25) is 0 Å². The molecule has 0 atom stereocenters. The number of fused-ring (bicyclic) bond motifs is 1. The van der Waals surface area contributed by atoms with Gasteiger partial charge < -0.3 is 28.7 Å². The van der Waals surface area contributed by atoms with Gasteiger partial charge in [-0.05, 0) is 37.6 Å². The van der Waals surface area contributed by atoms with Crippen LogP contribution in [-0.4, -0.2) is 75.9 Å². The summed E-state index contributed by atoms with van der Waals surface area (Å²) in [5, 5.41) is 0.831. The Kier molecular flexibility index (Phi) is 7.92.